The molecule has 7 nitrogen and oxygen atoms in total. The van der Waals surface area contributed by atoms with E-state index in [0.29, 0.717) is 28.9 Å². The number of hydrogen-bond acceptors (Lipinski definition) is 7. The first-order chi connectivity index (χ1) is 13.9. The van der Waals surface area contributed by atoms with E-state index < -0.39 is 0 Å². The van der Waals surface area contributed by atoms with Crippen molar-refractivity contribution < 1.29 is 13.4 Å². The minimum absolute atomic E-state index is 0.577. The summed E-state index contributed by atoms with van der Waals surface area (Å²) in [5.74, 6) is 3.13. The van der Waals surface area contributed by atoms with Crippen LogP contribution in [0.15, 0.2) is 91.7 Å². The fourth-order valence-corrected chi connectivity index (χ4v) is 3.62. The molecule has 0 spiro atoms. The van der Waals surface area contributed by atoms with Gasteiger partial charge in [-0.15, -0.1) is 10.2 Å². The highest BCUT2D eigenvalue weighted by Gasteiger charge is 2.18. The Hall–Kier alpha value is -3.52. The van der Waals surface area contributed by atoms with Crippen LogP contribution in [0.3, 0.4) is 0 Å². The van der Waals surface area contributed by atoms with Gasteiger partial charge in [-0.25, -0.2) is 0 Å². The summed E-state index contributed by atoms with van der Waals surface area (Å²) in [6.07, 6.45) is 3.22. The lowest BCUT2D eigenvalue weighted by atomic mass is 10.3. The van der Waals surface area contributed by atoms with Gasteiger partial charge in [0, 0.05) is 17.5 Å². The lowest BCUT2D eigenvalue weighted by molar-refractivity contribution is 0.413. The molecule has 0 saturated carbocycles. The van der Waals surface area contributed by atoms with E-state index in [-0.39, 0.29) is 0 Å². The van der Waals surface area contributed by atoms with Crippen molar-refractivity contribution in [3.05, 3.63) is 78.9 Å². The van der Waals surface area contributed by atoms with Crippen molar-refractivity contribution in [1.29, 1.82) is 0 Å². The Morgan fingerprint density at radius 3 is 2.36 bits per heavy atom. The second kappa shape index (κ2) is 7.24. The zero-order valence-corrected chi connectivity index (χ0v) is 15.4. The van der Waals surface area contributed by atoms with Crippen LogP contribution in [-0.2, 0) is 5.75 Å². The first-order valence-corrected chi connectivity index (χ1v) is 9.54. The van der Waals surface area contributed by atoms with Crippen molar-refractivity contribution >= 4 is 11.8 Å². The maximum atomic E-state index is 5.53. The van der Waals surface area contributed by atoms with Gasteiger partial charge in [0.05, 0.1) is 18.2 Å². The van der Waals surface area contributed by atoms with Gasteiger partial charge in [0.2, 0.25) is 11.6 Å². The summed E-state index contributed by atoms with van der Waals surface area (Å²) in [6.45, 7) is 0. The normalized spacial score (nSPS) is 11.1. The summed E-state index contributed by atoms with van der Waals surface area (Å²) < 4.78 is 18.2. The van der Waals surface area contributed by atoms with E-state index in [2.05, 4.69) is 15.4 Å². The van der Waals surface area contributed by atoms with Crippen molar-refractivity contribution in [2.75, 3.05) is 0 Å². The molecule has 1 aromatic carbocycles. The van der Waals surface area contributed by atoms with Gasteiger partial charge in [0.25, 0.3) is 0 Å². The minimum atomic E-state index is 0.577. The topological polar surface area (TPSA) is 83.0 Å². The SMILES string of the molecule is c1ccc(-n2c(SCc3cc(-c4ccco4)on3)nnc2-c2ccco2)cc1. The number of para-hydroxylation sites is 1. The lowest BCUT2D eigenvalue weighted by Crippen LogP contribution is -1.99. The fourth-order valence-electron chi connectivity index (χ4n) is 2.79. The highest BCUT2D eigenvalue weighted by atomic mass is 32.2. The van der Waals surface area contributed by atoms with Crippen molar-refractivity contribution in [3.8, 4) is 28.8 Å². The van der Waals surface area contributed by atoms with Crippen LogP contribution in [0.4, 0.5) is 0 Å². The second-order valence-electron chi connectivity index (χ2n) is 5.90. The van der Waals surface area contributed by atoms with Crippen molar-refractivity contribution in [2.45, 2.75) is 10.9 Å². The van der Waals surface area contributed by atoms with E-state index >= 15 is 0 Å². The van der Waals surface area contributed by atoms with Crippen LogP contribution in [0.5, 0.6) is 0 Å². The molecule has 0 aliphatic carbocycles. The summed E-state index contributed by atoms with van der Waals surface area (Å²) in [4.78, 5) is 0. The maximum absolute atomic E-state index is 5.53. The quantitative estimate of drug-likeness (QED) is 0.374. The molecule has 0 saturated heterocycles. The van der Waals surface area contributed by atoms with E-state index in [1.165, 1.54) is 11.8 Å². The van der Waals surface area contributed by atoms with E-state index in [1.54, 1.807) is 12.5 Å². The van der Waals surface area contributed by atoms with Gasteiger partial charge in [-0.1, -0.05) is 35.1 Å². The molecule has 0 amide bonds. The van der Waals surface area contributed by atoms with Crippen molar-refractivity contribution in [1.82, 2.24) is 19.9 Å². The van der Waals surface area contributed by atoms with Crippen LogP contribution < -0.4 is 0 Å². The van der Waals surface area contributed by atoms with E-state index in [1.807, 2.05) is 65.2 Å². The highest BCUT2D eigenvalue weighted by Crippen LogP contribution is 2.30. The zero-order valence-electron chi connectivity index (χ0n) is 14.6. The van der Waals surface area contributed by atoms with Crippen LogP contribution in [-0.4, -0.2) is 19.9 Å². The Bertz CT molecular complexity index is 1160. The average Bonchev–Trinajstić information content (AvgIpc) is 3.53. The molecule has 0 unspecified atom stereocenters. The molecule has 0 radical (unpaired) electrons. The number of benzene rings is 1. The predicted molar refractivity (Wildman–Crippen MR) is 103 cm³/mol. The Labute approximate surface area is 164 Å². The van der Waals surface area contributed by atoms with Gasteiger partial charge in [-0.2, -0.15) is 0 Å². The number of thioether (sulfide) groups is 1. The van der Waals surface area contributed by atoms with Gasteiger partial charge in [0.15, 0.2) is 16.7 Å². The van der Waals surface area contributed by atoms with Gasteiger partial charge in [0.1, 0.15) is 0 Å². The molecule has 0 aliphatic rings. The molecule has 0 bridgehead atoms. The van der Waals surface area contributed by atoms with Crippen LogP contribution in [0, 0.1) is 0 Å². The highest BCUT2D eigenvalue weighted by molar-refractivity contribution is 7.98. The Morgan fingerprint density at radius 1 is 0.821 bits per heavy atom. The van der Waals surface area contributed by atoms with Crippen LogP contribution >= 0.6 is 11.8 Å². The molecular formula is C20H14N4O3S. The molecule has 8 heteroatoms. The second-order valence-corrected chi connectivity index (χ2v) is 6.85. The van der Waals surface area contributed by atoms with E-state index in [0.717, 1.165) is 16.5 Å². The first kappa shape index (κ1) is 16.6. The summed E-state index contributed by atoms with van der Waals surface area (Å²) in [5.41, 5.74) is 1.75. The number of furan rings is 2. The molecule has 28 heavy (non-hydrogen) atoms. The van der Waals surface area contributed by atoms with Gasteiger partial charge in [-0.05, 0) is 36.4 Å². The Kier molecular flexibility index (Phi) is 4.30. The molecule has 0 atom stereocenters. The third-order valence-electron chi connectivity index (χ3n) is 4.06. The number of aromatic nitrogens is 4. The average molecular weight is 390 g/mol. The molecular weight excluding hydrogens is 376 g/mol. The number of hydrogen-bond donors (Lipinski definition) is 0. The first-order valence-electron chi connectivity index (χ1n) is 8.55. The molecule has 0 fully saturated rings. The largest absolute Gasteiger partial charge is 0.461 e. The smallest absolute Gasteiger partial charge is 0.205 e. The molecule has 0 aliphatic heterocycles. The van der Waals surface area contributed by atoms with E-state index in [4.69, 9.17) is 13.4 Å². The van der Waals surface area contributed by atoms with Gasteiger partial charge >= 0.3 is 0 Å². The Morgan fingerprint density at radius 2 is 1.61 bits per heavy atom. The van der Waals surface area contributed by atoms with Gasteiger partial charge < -0.3 is 13.4 Å². The standard InChI is InChI=1S/C20H14N4O3S/c1-2-6-15(7-3-1)24-19(17-9-5-11-26-17)21-22-20(24)28-13-14-12-18(27-23-14)16-8-4-10-25-16/h1-12H,13H2. The van der Waals surface area contributed by atoms with Crippen LogP contribution in [0.1, 0.15) is 5.69 Å². The fraction of sp³-hybridized carbons (Fsp3) is 0.0500. The maximum Gasteiger partial charge on any atom is 0.205 e. The monoisotopic (exact) mass is 390 g/mol. The number of nitrogens with zero attached hydrogens (tertiary/aromatic N) is 4. The Balaban J connectivity index is 1.44. The number of rotatable bonds is 6. The zero-order chi connectivity index (χ0) is 18.8. The van der Waals surface area contributed by atoms with Crippen molar-refractivity contribution in [2.24, 2.45) is 0 Å². The molecule has 0 N–H and O–H groups in total. The van der Waals surface area contributed by atoms with Crippen LogP contribution in [0.2, 0.25) is 0 Å². The molecule has 5 rings (SSSR count). The molecule has 4 aromatic heterocycles. The summed E-state index contributed by atoms with van der Waals surface area (Å²) >= 11 is 1.52. The molecule has 138 valence electrons. The van der Waals surface area contributed by atoms with E-state index in [9.17, 15) is 0 Å². The molecule has 5 aromatic rings. The minimum Gasteiger partial charge on any atom is -0.461 e. The lowest BCUT2D eigenvalue weighted by Gasteiger charge is -2.08. The predicted octanol–water partition coefficient (Wildman–Crippen LogP) is 5.07. The summed E-state index contributed by atoms with van der Waals surface area (Å²) in [7, 11) is 0. The molecule has 4 heterocycles. The summed E-state index contributed by atoms with van der Waals surface area (Å²) in [5, 5.41) is 13.5. The summed E-state index contributed by atoms with van der Waals surface area (Å²) in [6, 6.07) is 19.1. The van der Waals surface area contributed by atoms with Gasteiger partial charge in [-0.3, -0.25) is 4.57 Å². The van der Waals surface area contributed by atoms with Crippen molar-refractivity contribution in [3.63, 3.8) is 0 Å². The van der Waals surface area contributed by atoms with Crippen LogP contribution in [0.25, 0.3) is 28.8 Å². The third kappa shape index (κ3) is 3.14. The third-order valence-corrected chi connectivity index (χ3v) is 5.02.